The summed E-state index contributed by atoms with van der Waals surface area (Å²) in [5.41, 5.74) is 3.83. The van der Waals surface area contributed by atoms with Gasteiger partial charge in [0.05, 0.1) is 19.1 Å². The lowest BCUT2D eigenvalue weighted by Crippen LogP contribution is -2.52. The maximum Gasteiger partial charge on any atom is 0.266 e. The highest BCUT2D eigenvalue weighted by Gasteiger charge is 2.31. The number of carbonyl (C=O) groups excluding carboxylic acids is 2. The largest absolute Gasteiger partial charge is 0.493 e. The summed E-state index contributed by atoms with van der Waals surface area (Å²) < 4.78 is 11.2. The second kappa shape index (κ2) is 12.4. The van der Waals surface area contributed by atoms with E-state index >= 15 is 0 Å². The SMILES string of the molecule is COc1ccc(C=C2SC(=S)N(CCCCCC(=O)NN3CCN(C)CC3)C2=O)cc1OC. The van der Waals surface area contributed by atoms with Crippen LogP contribution in [-0.2, 0) is 9.59 Å². The summed E-state index contributed by atoms with van der Waals surface area (Å²) in [5.74, 6) is 1.23. The van der Waals surface area contributed by atoms with Crippen molar-refractivity contribution in [3.8, 4) is 11.5 Å². The quantitative estimate of drug-likeness (QED) is 0.304. The number of thiocarbonyl (C=S) groups is 1. The van der Waals surface area contributed by atoms with Gasteiger partial charge in [0, 0.05) is 39.1 Å². The average molecular weight is 493 g/mol. The van der Waals surface area contributed by atoms with Crippen molar-refractivity contribution in [2.24, 2.45) is 0 Å². The topological polar surface area (TPSA) is 74.4 Å². The molecule has 0 atom stereocenters. The molecule has 2 amide bonds. The number of amides is 2. The summed E-state index contributed by atoms with van der Waals surface area (Å²) in [7, 11) is 5.25. The summed E-state index contributed by atoms with van der Waals surface area (Å²) >= 11 is 6.74. The predicted molar refractivity (Wildman–Crippen MR) is 135 cm³/mol. The first-order chi connectivity index (χ1) is 15.9. The van der Waals surface area contributed by atoms with Crippen molar-refractivity contribution in [1.29, 1.82) is 0 Å². The van der Waals surface area contributed by atoms with Crippen molar-refractivity contribution < 1.29 is 19.1 Å². The van der Waals surface area contributed by atoms with Gasteiger partial charge in [-0.1, -0.05) is 36.5 Å². The third-order valence-electron chi connectivity index (χ3n) is 5.65. The van der Waals surface area contributed by atoms with Crippen molar-refractivity contribution in [2.75, 3.05) is 54.0 Å². The van der Waals surface area contributed by atoms with Crippen LogP contribution in [0.2, 0.25) is 0 Å². The number of nitrogens with one attached hydrogen (secondary N) is 1. The molecule has 1 aromatic carbocycles. The summed E-state index contributed by atoms with van der Waals surface area (Å²) in [6.45, 7) is 4.20. The Morgan fingerprint density at radius 1 is 1.12 bits per heavy atom. The third-order valence-corrected chi connectivity index (χ3v) is 7.03. The molecule has 1 N–H and O–H groups in total. The molecule has 8 nitrogen and oxygen atoms in total. The van der Waals surface area contributed by atoms with Crippen LogP contribution in [0, 0.1) is 0 Å². The van der Waals surface area contributed by atoms with E-state index in [1.165, 1.54) is 11.8 Å². The Morgan fingerprint density at radius 2 is 1.85 bits per heavy atom. The molecular formula is C23H32N4O4S2. The third kappa shape index (κ3) is 7.17. The smallest absolute Gasteiger partial charge is 0.266 e. The number of ether oxygens (including phenoxy) is 2. The van der Waals surface area contributed by atoms with E-state index in [1.54, 1.807) is 19.1 Å². The molecule has 0 aliphatic carbocycles. The molecule has 2 fully saturated rings. The monoisotopic (exact) mass is 492 g/mol. The van der Waals surface area contributed by atoms with E-state index < -0.39 is 0 Å². The Hall–Kier alpha value is -2.14. The number of methoxy groups -OCH3 is 2. The Bertz CT molecular complexity index is 900. The Labute approximate surface area is 205 Å². The highest BCUT2D eigenvalue weighted by molar-refractivity contribution is 8.26. The minimum atomic E-state index is -0.0763. The van der Waals surface area contributed by atoms with E-state index in [9.17, 15) is 9.59 Å². The van der Waals surface area contributed by atoms with E-state index in [0.717, 1.165) is 51.0 Å². The predicted octanol–water partition coefficient (Wildman–Crippen LogP) is 2.74. The van der Waals surface area contributed by atoms with Crippen molar-refractivity contribution in [3.05, 3.63) is 28.7 Å². The Morgan fingerprint density at radius 3 is 2.55 bits per heavy atom. The number of hydrogen-bond acceptors (Lipinski definition) is 8. The normalized spacial score (nSPS) is 18.8. The minimum absolute atomic E-state index is 0.0583. The molecule has 0 bridgehead atoms. The van der Waals surface area contributed by atoms with Crippen LogP contribution in [0.4, 0.5) is 0 Å². The number of likely N-dealkylation sites (N-methyl/N-ethyl adjacent to an activating group) is 1. The first-order valence-electron chi connectivity index (χ1n) is 11.1. The fourth-order valence-corrected chi connectivity index (χ4v) is 4.98. The molecule has 2 heterocycles. The van der Waals surface area contributed by atoms with Crippen LogP contribution in [-0.4, -0.2) is 84.9 Å². The lowest BCUT2D eigenvalue weighted by molar-refractivity contribution is -0.127. The van der Waals surface area contributed by atoms with Gasteiger partial charge in [-0.3, -0.25) is 19.9 Å². The summed E-state index contributed by atoms with van der Waals surface area (Å²) in [6, 6.07) is 5.52. The number of piperazine rings is 1. The zero-order valence-corrected chi connectivity index (χ0v) is 21.1. The standard InChI is InChI=1S/C23H32N4O4S2/c1-25-11-13-26(14-12-25)24-21(28)7-5-4-6-10-27-22(29)20(33-23(27)32)16-17-8-9-18(30-2)19(15-17)31-3/h8-9,15-16H,4-7,10-14H2,1-3H3,(H,24,28). The van der Waals surface area contributed by atoms with Crippen LogP contribution in [0.15, 0.2) is 23.1 Å². The number of hydrazine groups is 1. The number of hydrogen-bond donors (Lipinski definition) is 1. The van der Waals surface area contributed by atoms with E-state index in [1.807, 2.05) is 29.3 Å². The van der Waals surface area contributed by atoms with Gasteiger partial charge in [0.25, 0.3) is 5.91 Å². The number of rotatable bonds is 10. The van der Waals surface area contributed by atoms with Crippen LogP contribution in [0.3, 0.4) is 0 Å². The fourth-order valence-electron chi connectivity index (χ4n) is 3.67. The Kier molecular flexibility index (Phi) is 9.54. The van der Waals surface area contributed by atoms with E-state index in [2.05, 4.69) is 17.4 Å². The van der Waals surface area contributed by atoms with Crippen molar-refractivity contribution >= 4 is 46.2 Å². The van der Waals surface area contributed by atoms with E-state index in [-0.39, 0.29) is 11.8 Å². The first-order valence-corrected chi connectivity index (χ1v) is 12.3. The molecule has 1 aromatic rings. The zero-order chi connectivity index (χ0) is 23.8. The highest BCUT2D eigenvalue weighted by Crippen LogP contribution is 2.34. The molecule has 33 heavy (non-hydrogen) atoms. The molecule has 2 saturated heterocycles. The van der Waals surface area contributed by atoms with Gasteiger partial charge < -0.3 is 14.4 Å². The van der Waals surface area contributed by atoms with Gasteiger partial charge in [0.15, 0.2) is 11.5 Å². The molecule has 0 aromatic heterocycles. The van der Waals surface area contributed by atoms with Crippen LogP contribution in [0.25, 0.3) is 6.08 Å². The molecule has 180 valence electrons. The van der Waals surface area contributed by atoms with Crippen LogP contribution < -0.4 is 14.9 Å². The zero-order valence-electron chi connectivity index (χ0n) is 19.5. The van der Waals surface area contributed by atoms with E-state index in [0.29, 0.717) is 33.7 Å². The first kappa shape index (κ1) is 25.5. The van der Waals surface area contributed by atoms with Crippen molar-refractivity contribution in [2.45, 2.75) is 25.7 Å². The summed E-state index contributed by atoms with van der Waals surface area (Å²) in [6.07, 6.45) is 4.77. The summed E-state index contributed by atoms with van der Waals surface area (Å²) in [4.78, 5) is 29.5. The molecule has 3 rings (SSSR count). The van der Waals surface area contributed by atoms with Gasteiger partial charge in [0.2, 0.25) is 5.91 Å². The summed E-state index contributed by atoms with van der Waals surface area (Å²) in [5, 5.41) is 1.99. The number of benzene rings is 1. The van der Waals surface area contributed by atoms with Crippen LogP contribution in [0.5, 0.6) is 11.5 Å². The Balaban J connectivity index is 1.42. The molecule has 2 aliphatic heterocycles. The molecule has 0 spiro atoms. The molecule has 0 saturated carbocycles. The van der Waals surface area contributed by atoms with Crippen molar-refractivity contribution in [3.63, 3.8) is 0 Å². The van der Waals surface area contributed by atoms with Crippen LogP contribution in [0.1, 0.15) is 31.2 Å². The van der Waals surface area contributed by atoms with Gasteiger partial charge in [-0.05, 0) is 43.7 Å². The molecular weight excluding hydrogens is 460 g/mol. The maximum atomic E-state index is 12.8. The lowest BCUT2D eigenvalue weighted by Gasteiger charge is -2.32. The van der Waals surface area contributed by atoms with E-state index in [4.69, 9.17) is 21.7 Å². The fraction of sp³-hybridized carbons (Fsp3) is 0.522. The van der Waals surface area contributed by atoms with Crippen molar-refractivity contribution in [1.82, 2.24) is 20.2 Å². The lowest BCUT2D eigenvalue weighted by atomic mass is 10.1. The van der Waals surface area contributed by atoms with Gasteiger partial charge in [-0.15, -0.1) is 0 Å². The van der Waals surface area contributed by atoms with Gasteiger partial charge in [0.1, 0.15) is 4.32 Å². The molecule has 2 aliphatic rings. The average Bonchev–Trinajstić information content (AvgIpc) is 3.07. The highest BCUT2D eigenvalue weighted by atomic mass is 32.2. The molecule has 10 heteroatoms. The van der Waals surface area contributed by atoms with Gasteiger partial charge in [-0.25, -0.2) is 5.01 Å². The number of unbranched alkanes of at least 4 members (excludes halogenated alkanes) is 2. The number of nitrogens with zero attached hydrogens (tertiary/aromatic N) is 3. The van der Waals surface area contributed by atoms with Crippen LogP contribution >= 0.6 is 24.0 Å². The second-order valence-corrected chi connectivity index (χ2v) is 9.76. The number of carbonyl (C=O) groups is 2. The minimum Gasteiger partial charge on any atom is -0.493 e. The number of thioether (sulfide) groups is 1. The molecule has 0 unspecified atom stereocenters. The maximum absolute atomic E-state index is 12.8. The molecule has 0 radical (unpaired) electrons. The van der Waals surface area contributed by atoms with Gasteiger partial charge >= 0.3 is 0 Å². The van der Waals surface area contributed by atoms with Gasteiger partial charge in [-0.2, -0.15) is 0 Å². The second-order valence-electron chi connectivity index (χ2n) is 8.08.